The quantitative estimate of drug-likeness (QED) is 0.733. The third-order valence-electron chi connectivity index (χ3n) is 4.44. The van der Waals surface area contributed by atoms with Gasteiger partial charge in [-0.25, -0.2) is 14.8 Å². The van der Waals surface area contributed by atoms with Crippen LogP contribution >= 0.6 is 0 Å². The minimum Gasteiger partial charge on any atom is -0.444 e. The van der Waals surface area contributed by atoms with E-state index < -0.39 is 11.7 Å². The van der Waals surface area contributed by atoms with E-state index in [-0.39, 0.29) is 0 Å². The van der Waals surface area contributed by atoms with E-state index in [2.05, 4.69) is 20.3 Å². The van der Waals surface area contributed by atoms with E-state index in [4.69, 9.17) is 9.47 Å². The average Bonchev–Trinajstić information content (AvgIpc) is 3.16. The summed E-state index contributed by atoms with van der Waals surface area (Å²) < 4.78 is 12.7. The van der Waals surface area contributed by atoms with Gasteiger partial charge < -0.3 is 14.5 Å². The molecule has 4 rings (SSSR count). The summed E-state index contributed by atoms with van der Waals surface area (Å²) in [5.41, 5.74) is 3.13. The zero-order valence-electron chi connectivity index (χ0n) is 15.2. The first-order chi connectivity index (χ1) is 12.4. The van der Waals surface area contributed by atoms with Crippen molar-refractivity contribution in [3.63, 3.8) is 0 Å². The zero-order chi connectivity index (χ0) is 18.3. The Bertz CT molecular complexity index is 947. The molecule has 0 saturated carbocycles. The number of carbonyl (C=O) groups is 1. The van der Waals surface area contributed by atoms with Crippen molar-refractivity contribution < 1.29 is 14.3 Å². The molecular formula is C18H23N5O3. The van der Waals surface area contributed by atoms with E-state index in [9.17, 15) is 4.79 Å². The molecule has 0 radical (unpaired) electrons. The molecule has 0 bridgehead atoms. The van der Waals surface area contributed by atoms with Crippen molar-refractivity contribution in [1.82, 2.24) is 19.4 Å². The van der Waals surface area contributed by atoms with Crippen LogP contribution in [0.2, 0.25) is 0 Å². The Balaban J connectivity index is 1.70. The van der Waals surface area contributed by atoms with Gasteiger partial charge in [-0.2, -0.15) is 0 Å². The number of imidazole rings is 1. The van der Waals surface area contributed by atoms with Gasteiger partial charge in [0.05, 0.1) is 17.9 Å². The van der Waals surface area contributed by atoms with Crippen LogP contribution in [-0.2, 0) is 9.47 Å². The first-order valence-corrected chi connectivity index (χ1v) is 8.83. The van der Waals surface area contributed by atoms with Crippen LogP contribution in [0.1, 0.15) is 45.1 Å². The van der Waals surface area contributed by atoms with Crippen molar-refractivity contribution in [2.45, 2.75) is 45.1 Å². The molecule has 3 aromatic rings. The lowest BCUT2D eigenvalue weighted by Gasteiger charge is -2.21. The van der Waals surface area contributed by atoms with Crippen LogP contribution in [0.25, 0.3) is 16.8 Å². The van der Waals surface area contributed by atoms with Crippen LogP contribution in [0, 0.1) is 0 Å². The van der Waals surface area contributed by atoms with Crippen LogP contribution in [0.5, 0.6) is 0 Å². The van der Waals surface area contributed by atoms with Crippen LogP contribution in [0.4, 0.5) is 10.6 Å². The predicted octanol–water partition coefficient (Wildman–Crippen LogP) is 3.45. The Morgan fingerprint density at radius 1 is 1.38 bits per heavy atom. The van der Waals surface area contributed by atoms with Crippen LogP contribution in [-0.4, -0.2) is 44.3 Å². The number of nitrogens with zero attached hydrogens (tertiary/aromatic N) is 3. The number of hydrogen-bond donors (Lipinski definition) is 2. The summed E-state index contributed by atoms with van der Waals surface area (Å²) >= 11 is 0. The first-order valence-electron chi connectivity index (χ1n) is 8.83. The SMILES string of the molecule is CC(C)(C)OC(=O)Nc1cn2c(cnc3[nH]cc(C4CCOCC4)c32)n1. The lowest BCUT2D eigenvalue weighted by atomic mass is 9.93. The van der Waals surface area contributed by atoms with E-state index in [0.717, 1.165) is 37.2 Å². The molecule has 4 heterocycles. The van der Waals surface area contributed by atoms with Crippen LogP contribution in [0.15, 0.2) is 18.6 Å². The molecule has 8 nitrogen and oxygen atoms in total. The number of ether oxygens (including phenoxy) is 2. The number of aromatic nitrogens is 4. The van der Waals surface area contributed by atoms with E-state index in [1.807, 2.05) is 31.4 Å². The Labute approximate surface area is 150 Å². The largest absolute Gasteiger partial charge is 0.444 e. The molecule has 1 fully saturated rings. The minimum atomic E-state index is -0.561. The maximum atomic E-state index is 12.0. The maximum absolute atomic E-state index is 12.0. The summed E-state index contributed by atoms with van der Waals surface area (Å²) in [6, 6.07) is 0. The number of anilines is 1. The van der Waals surface area contributed by atoms with Crippen molar-refractivity contribution in [3.8, 4) is 0 Å². The minimum absolute atomic E-state index is 0.426. The fourth-order valence-electron chi connectivity index (χ4n) is 3.35. The molecule has 0 aliphatic carbocycles. The highest BCUT2D eigenvalue weighted by Gasteiger charge is 2.22. The fraction of sp³-hybridized carbons (Fsp3) is 0.500. The van der Waals surface area contributed by atoms with Crippen molar-refractivity contribution in [2.75, 3.05) is 18.5 Å². The van der Waals surface area contributed by atoms with Gasteiger partial charge in [-0.3, -0.25) is 9.72 Å². The van der Waals surface area contributed by atoms with Gasteiger partial charge >= 0.3 is 6.09 Å². The van der Waals surface area contributed by atoms with Gasteiger partial charge in [-0.15, -0.1) is 0 Å². The summed E-state index contributed by atoms with van der Waals surface area (Å²) in [5.74, 6) is 0.863. The number of H-pyrrole nitrogens is 1. The average molecular weight is 357 g/mol. The summed E-state index contributed by atoms with van der Waals surface area (Å²) in [5, 5.41) is 2.69. The third-order valence-corrected chi connectivity index (χ3v) is 4.44. The smallest absolute Gasteiger partial charge is 0.413 e. The first kappa shape index (κ1) is 16.8. The molecule has 1 aliphatic heterocycles. The molecule has 0 atom stereocenters. The molecular weight excluding hydrogens is 334 g/mol. The lowest BCUT2D eigenvalue weighted by Crippen LogP contribution is -2.27. The van der Waals surface area contributed by atoms with E-state index in [0.29, 0.717) is 17.4 Å². The molecule has 0 unspecified atom stereocenters. The highest BCUT2D eigenvalue weighted by atomic mass is 16.6. The van der Waals surface area contributed by atoms with Crippen molar-refractivity contribution in [2.24, 2.45) is 0 Å². The number of aromatic amines is 1. The summed E-state index contributed by atoms with van der Waals surface area (Å²) in [4.78, 5) is 24.2. The van der Waals surface area contributed by atoms with Crippen molar-refractivity contribution in [1.29, 1.82) is 0 Å². The topological polar surface area (TPSA) is 93.5 Å². The van der Waals surface area contributed by atoms with Gasteiger partial charge in [0.1, 0.15) is 5.60 Å². The standard InChI is InChI=1S/C18H23N5O3/c1-18(2,3)26-17(24)22-13-10-23-14(21-13)9-20-16-15(23)12(8-19-16)11-4-6-25-7-5-11/h8-11,19H,4-7H2,1-3H3,(H,22,24). The molecule has 138 valence electrons. The molecule has 8 heteroatoms. The van der Waals surface area contributed by atoms with Crippen molar-refractivity contribution >= 4 is 28.7 Å². The monoisotopic (exact) mass is 357 g/mol. The second kappa shape index (κ2) is 6.28. The van der Waals surface area contributed by atoms with E-state index in [1.165, 1.54) is 5.56 Å². The Hall–Kier alpha value is -2.61. The van der Waals surface area contributed by atoms with Crippen LogP contribution < -0.4 is 5.32 Å². The molecule has 1 amide bonds. The maximum Gasteiger partial charge on any atom is 0.413 e. The number of carbonyl (C=O) groups excluding carboxylic acids is 1. The molecule has 0 aromatic carbocycles. The second-order valence-electron chi connectivity index (χ2n) is 7.57. The van der Waals surface area contributed by atoms with Crippen molar-refractivity contribution in [3.05, 3.63) is 24.2 Å². The number of amides is 1. The Kier molecular flexibility index (Phi) is 4.07. The Morgan fingerprint density at radius 3 is 2.88 bits per heavy atom. The summed E-state index contributed by atoms with van der Waals surface area (Å²) in [6.07, 6.45) is 6.96. The number of hydrogen-bond acceptors (Lipinski definition) is 5. The lowest BCUT2D eigenvalue weighted by molar-refractivity contribution is 0.0635. The van der Waals surface area contributed by atoms with E-state index >= 15 is 0 Å². The van der Waals surface area contributed by atoms with Gasteiger partial charge in [0, 0.05) is 19.4 Å². The number of nitrogens with one attached hydrogen (secondary N) is 2. The van der Waals surface area contributed by atoms with Gasteiger partial charge in [0.2, 0.25) is 0 Å². The number of fused-ring (bicyclic) bond motifs is 3. The molecule has 1 aliphatic rings. The third kappa shape index (κ3) is 3.24. The summed E-state index contributed by atoms with van der Waals surface area (Å²) in [7, 11) is 0. The van der Waals surface area contributed by atoms with Gasteiger partial charge in [0.15, 0.2) is 17.1 Å². The van der Waals surface area contributed by atoms with Gasteiger partial charge in [-0.05, 0) is 45.1 Å². The zero-order valence-corrected chi connectivity index (χ0v) is 15.2. The van der Waals surface area contributed by atoms with Gasteiger partial charge in [0.25, 0.3) is 0 Å². The fourth-order valence-corrected chi connectivity index (χ4v) is 3.35. The predicted molar refractivity (Wildman–Crippen MR) is 97.5 cm³/mol. The molecule has 0 spiro atoms. The highest BCUT2D eigenvalue weighted by Crippen LogP contribution is 2.32. The summed E-state index contributed by atoms with van der Waals surface area (Å²) in [6.45, 7) is 7.02. The number of rotatable bonds is 2. The van der Waals surface area contributed by atoms with E-state index in [1.54, 1.807) is 12.4 Å². The molecule has 1 saturated heterocycles. The van der Waals surface area contributed by atoms with Gasteiger partial charge in [-0.1, -0.05) is 0 Å². The molecule has 3 aromatic heterocycles. The van der Waals surface area contributed by atoms with Crippen LogP contribution in [0.3, 0.4) is 0 Å². The highest BCUT2D eigenvalue weighted by molar-refractivity contribution is 5.85. The molecule has 26 heavy (non-hydrogen) atoms. The second-order valence-corrected chi connectivity index (χ2v) is 7.57. The molecule has 2 N–H and O–H groups in total. The normalized spacial score (nSPS) is 16.3. The Morgan fingerprint density at radius 2 is 2.15 bits per heavy atom.